The lowest BCUT2D eigenvalue weighted by atomic mass is 10.2. The Morgan fingerprint density at radius 3 is 2.83 bits per heavy atom. The molecule has 1 saturated heterocycles. The van der Waals surface area contributed by atoms with Crippen LogP contribution in [0.5, 0.6) is 0 Å². The average molecular weight is 256 g/mol. The van der Waals surface area contributed by atoms with E-state index in [1.165, 1.54) is 0 Å². The molecule has 1 atom stereocenters. The van der Waals surface area contributed by atoms with Crippen molar-refractivity contribution >= 4 is 11.6 Å². The van der Waals surface area contributed by atoms with E-state index in [4.69, 9.17) is 4.84 Å². The van der Waals surface area contributed by atoms with E-state index < -0.39 is 28.4 Å². The van der Waals surface area contributed by atoms with Gasteiger partial charge in [-0.05, 0) is 6.07 Å². The maximum absolute atomic E-state index is 13.1. The fourth-order valence-corrected chi connectivity index (χ4v) is 1.56. The average Bonchev–Trinajstić information content (AvgIpc) is 2.74. The highest BCUT2D eigenvalue weighted by molar-refractivity contribution is 5.94. The fraction of sp³-hybridized carbons (Fsp3) is 0.300. The highest BCUT2D eigenvalue weighted by atomic mass is 19.1. The van der Waals surface area contributed by atoms with Crippen LogP contribution in [0, 0.1) is 15.9 Å². The highest BCUT2D eigenvalue weighted by Crippen LogP contribution is 2.19. The van der Waals surface area contributed by atoms with Gasteiger partial charge >= 0.3 is 0 Å². The molecule has 96 valence electrons. The number of benzene rings is 1. The molecule has 1 N–H and O–H groups in total. The van der Waals surface area contributed by atoms with Crippen molar-refractivity contribution in [2.24, 2.45) is 0 Å². The molecule has 1 aliphatic rings. The Labute approximate surface area is 100 Å². The normalized spacial score (nSPS) is 19.0. The van der Waals surface area contributed by atoms with E-state index in [0.717, 1.165) is 23.3 Å². The largest absolute Gasteiger partial charge is 0.389 e. The Morgan fingerprint density at radius 2 is 2.28 bits per heavy atom. The number of aliphatic hydroxyl groups is 1. The minimum Gasteiger partial charge on any atom is -0.389 e. The van der Waals surface area contributed by atoms with Gasteiger partial charge in [0.05, 0.1) is 23.1 Å². The summed E-state index contributed by atoms with van der Waals surface area (Å²) in [5.41, 5.74) is -0.714. The Morgan fingerprint density at radius 1 is 1.56 bits per heavy atom. The van der Waals surface area contributed by atoms with Gasteiger partial charge in [-0.15, -0.1) is 0 Å². The summed E-state index contributed by atoms with van der Waals surface area (Å²) in [6, 6.07) is 2.55. The molecule has 0 unspecified atom stereocenters. The van der Waals surface area contributed by atoms with Crippen molar-refractivity contribution in [1.29, 1.82) is 0 Å². The summed E-state index contributed by atoms with van der Waals surface area (Å²) in [4.78, 5) is 26.4. The first kappa shape index (κ1) is 12.4. The number of non-ortho nitro benzene ring substituents is 1. The zero-order valence-corrected chi connectivity index (χ0v) is 9.08. The van der Waals surface area contributed by atoms with Gasteiger partial charge in [0, 0.05) is 6.07 Å². The van der Waals surface area contributed by atoms with E-state index in [2.05, 4.69) is 0 Å². The number of hydrogen-bond acceptors (Lipinski definition) is 5. The molecule has 1 heterocycles. The smallest absolute Gasteiger partial charge is 0.277 e. The number of amides is 1. The first-order valence-corrected chi connectivity index (χ1v) is 5.05. The molecule has 0 spiro atoms. The lowest BCUT2D eigenvalue weighted by Gasteiger charge is -2.13. The molecule has 1 fully saturated rings. The summed E-state index contributed by atoms with van der Waals surface area (Å²) < 4.78 is 13.1. The van der Waals surface area contributed by atoms with Gasteiger partial charge in [0.15, 0.2) is 0 Å². The third kappa shape index (κ3) is 2.44. The van der Waals surface area contributed by atoms with Gasteiger partial charge in [0.2, 0.25) is 0 Å². The van der Waals surface area contributed by atoms with Crippen molar-refractivity contribution in [3.05, 3.63) is 39.7 Å². The highest BCUT2D eigenvalue weighted by Gasteiger charge is 2.28. The monoisotopic (exact) mass is 256 g/mol. The number of hydrogen-bond donors (Lipinski definition) is 1. The number of rotatable bonds is 2. The van der Waals surface area contributed by atoms with E-state index >= 15 is 0 Å². The first-order valence-electron chi connectivity index (χ1n) is 5.05. The second-order valence-corrected chi connectivity index (χ2v) is 3.77. The zero-order valence-electron chi connectivity index (χ0n) is 9.08. The molecule has 1 aliphatic heterocycles. The van der Waals surface area contributed by atoms with Crippen molar-refractivity contribution in [3.8, 4) is 0 Å². The molecule has 1 aromatic rings. The molecule has 0 radical (unpaired) electrons. The summed E-state index contributed by atoms with van der Waals surface area (Å²) in [7, 11) is 0. The van der Waals surface area contributed by atoms with Crippen LogP contribution in [0.2, 0.25) is 0 Å². The van der Waals surface area contributed by atoms with E-state index in [0.29, 0.717) is 0 Å². The zero-order chi connectivity index (χ0) is 13.3. The Balaban J connectivity index is 2.27. The van der Waals surface area contributed by atoms with Crippen molar-refractivity contribution in [3.63, 3.8) is 0 Å². The van der Waals surface area contributed by atoms with Crippen LogP contribution in [-0.2, 0) is 4.84 Å². The fourth-order valence-electron chi connectivity index (χ4n) is 1.56. The minimum absolute atomic E-state index is 0.0385. The lowest BCUT2D eigenvalue weighted by Crippen LogP contribution is -2.28. The van der Waals surface area contributed by atoms with Gasteiger partial charge in [-0.2, -0.15) is 0 Å². The predicted molar refractivity (Wildman–Crippen MR) is 56.0 cm³/mol. The van der Waals surface area contributed by atoms with Crippen molar-refractivity contribution < 1.29 is 24.1 Å². The topological polar surface area (TPSA) is 92.9 Å². The standard InChI is InChI=1S/C10H9FN2O5/c11-7-1-6(2-8(3-7)13(16)17)10(15)12-4-9(14)5-18-12/h1-3,9,14H,4-5H2/t9-/m0/s1. The second kappa shape index (κ2) is 4.67. The maximum atomic E-state index is 13.1. The minimum atomic E-state index is -0.882. The molecule has 0 aromatic heterocycles. The molecule has 7 nitrogen and oxygen atoms in total. The number of hydroxylamine groups is 2. The predicted octanol–water partition coefficient (Wildman–Crippen LogP) is 0.482. The Kier molecular flexibility index (Phi) is 3.21. The molecule has 8 heteroatoms. The van der Waals surface area contributed by atoms with Crippen molar-refractivity contribution in [2.45, 2.75) is 6.10 Å². The number of β-amino-alcohol motifs (C(OH)–C–C–N with tert-alkyl or cyclic N) is 1. The number of aliphatic hydroxyl groups excluding tert-OH is 1. The third-order valence-corrected chi connectivity index (χ3v) is 2.37. The van der Waals surface area contributed by atoms with Crippen LogP contribution in [0.15, 0.2) is 18.2 Å². The van der Waals surface area contributed by atoms with Gasteiger partial charge in [0.1, 0.15) is 18.5 Å². The maximum Gasteiger partial charge on any atom is 0.277 e. The first-order chi connectivity index (χ1) is 8.47. The van der Waals surface area contributed by atoms with Crippen LogP contribution in [0.1, 0.15) is 10.4 Å². The molecule has 1 amide bonds. The second-order valence-electron chi connectivity index (χ2n) is 3.77. The molecular formula is C10H9FN2O5. The van der Waals surface area contributed by atoms with Crippen molar-refractivity contribution in [2.75, 3.05) is 13.2 Å². The van der Waals surface area contributed by atoms with Gasteiger partial charge in [-0.1, -0.05) is 0 Å². The number of nitro groups is 1. The van der Waals surface area contributed by atoms with Gasteiger partial charge in [-0.25, -0.2) is 9.45 Å². The molecule has 2 rings (SSSR count). The molecule has 18 heavy (non-hydrogen) atoms. The van der Waals surface area contributed by atoms with Gasteiger partial charge in [-0.3, -0.25) is 19.7 Å². The Bertz CT molecular complexity index is 507. The lowest BCUT2D eigenvalue weighted by molar-refractivity contribution is -0.385. The van der Waals surface area contributed by atoms with Gasteiger partial charge in [0.25, 0.3) is 11.6 Å². The molecule has 0 aliphatic carbocycles. The quantitative estimate of drug-likeness (QED) is 0.613. The van der Waals surface area contributed by atoms with E-state index in [9.17, 15) is 24.4 Å². The summed E-state index contributed by atoms with van der Waals surface area (Å²) in [5.74, 6) is -1.61. The Hall–Kier alpha value is -2.06. The van der Waals surface area contributed by atoms with Crippen LogP contribution >= 0.6 is 0 Å². The van der Waals surface area contributed by atoms with E-state index in [1.807, 2.05) is 0 Å². The summed E-state index contributed by atoms with van der Waals surface area (Å²) >= 11 is 0. The number of carbonyl (C=O) groups is 1. The summed E-state index contributed by atoms with van der Waals surface area (Å²) in [5, 5.41) is 20.6. The SMILES string of the molecule is O=C(c1cc(F)cc([N+](=O)[O-])c1)N1C[C@H](O)CO1. The van der Waals surface area contributed by atoms with E-state index in [-0.39, 0.29) is 18.7 Å². The number of carbonyl (C=O) groups excluding carboxylic acids is 1. The number of nitro benzene ring substituents is 1. The van der Waals surface area contributed by atoms with E-state index in [1.54, 1.807) is 0 Å². The summed E-state index contributed by atoms with van der Waals surface area (Å²) in [6.07, 6.45) is -0.808. The van der Waals surface area contributed by atoms with Crippen molar-refractivity contribution in [1.82, 2.24) is 5.06 Å². The van der Waals surface area contributed by atoms with Crippen LogP contribution in [-0.4, -0.2) is 40.3 Å². The molecule has 1 aromatic carbocycles. The van der Waals surface area contributed by atoms with Crippen LogP contribution in [0.4, 0.5) is 10.1 Å². The van der Waals surface area contributed by atoms with Crippen LogP contribution in [0.3, 0.4) is 0 Å². The molecular weight excluding hydrogens is 247 g/mol. The summed E-state index contributed by atoms with van der Waals surface area (Å²) in [6.45, 7) is -0.0910. The third-order valence-electron chi connectivity index (χ3n) is 2.37. The molecule has 0 bridgehead atoms. The van der Waals surface area contributed by atoms with Crippen LogP contribution in [0.25, 0.3) is 0 Å². The van der Waals surface area contributed by atoms with Crippen LogP contribution < -0.4 is 0 Å². The molecule has 0 saturated carbocycles. The van der Waals surface area contributed by atoms with Gasteiger partial charge < -0.3 is 5.11 Å². The number of nitrogens with zero attached hydrogens (tertiary/aromatic N) is 2. The number of halogens is 1.